The van der Waals surface area contributed by atoms with Gasteiger partial charge in [0.1, 0.15) is 11.5 Å². The van der Waals surface area contributed by atoms with Crippen LogP contribution in [0.5, 0.6) is 11.5 Å². The first kappa shape index (κ1) is 13.4. The Labute approximate surface area is 101 Å². The van der Waals surface area contributed by atoms with Gasteiger partial charge in [-0.05, 0) is 24.1 Å². The molecular weight excluding hydrogens is 220 g/mol. The number of carbonyl (C=O) groups is 1. The van der Waals surface area contributed by atoms with E-state index in [0.717, 1.165) is 5.56 Å². The van der Waals surface area contributed by atoms with Crippen molar-refractivity contribution in [2.24, 2.45) is 5.92 Å². The van der Waals surface area contributed by atoms with Gasteiger partial charge in [0, 0.05) is 5.56 Å². The Morgan fingerprint density at radius 3 is 2.35 bits per heavy atom. The van der Waals surface area contributed by atoms with Crippen LogP contribution in [0.25, 0.3) is 0 Å². The van der Waals surface area contributed by atoms with Crippen molar-refractivity contribution in [1.29, 1.82) is 0 Å². The van der Waals surface area contributed by atoms with Crippen LogP contribution in [0.15, 0.2) is 18.2 Å². The van der Waals surface area contributed by atoms with Crippen LogP contribution in [-0.2, 0) is 4.79 Å². The summed E-state index contributed by atoms with van der Waals surface area (Å²) in [6.45, 7) is 3.56. The molecule has 0 saturated carbocycles. The van der Waals surface area contributed by atoms with E-state index in [2.05, 4.69) is 0 Å². The van der Waals surface area contributed by atoms with Crippen molar-refractivity contribution in [3.05, 3.63) is 23.8 Å². The van der Waals surface area contributed by atoms with Gasteiger partial charge in [-0.2, -0.15) is 0 Å². The summed E-state index contributed by atoms with van der Waals surface area (Å²) in [5.74, 6) is -0.0485. The number of hydrogen-bond donors (Lipinski definition) is 1. The maximum absolute atomic E-state index is 11.0. The molecule has 1 aromatic rings. The molecule has 4 heteroatoms. The van der Waals surface area contributed by atoms with Crippen LogP contribution in [0.1, 0.15) is 25.3 Å². The third-order valence-corrected chi connectivity index (χ3v) is 3.07. The highest BCUT2D eigenvalue weighted by Gasteiger charge is 2.24. The average molecular weight is 238 g/mol. The molecule has 0 aromatic heterocycles. The van der Waals surface area contributed by atoms with Crippen LogP contribution >= 0.6 is 0 Å². The topological polar surface area (TPSA) is 55.8 Å². The molecule has 4 nitrogen and oxygen atoms in total. The van der Waals surface area contributed by atoms with Gasteiger partial charge in [0.05, 0.1) is 20.1 Å². The van der Waals surface area contributed by atoms with E-state index in [1.807, 2.05) is 13.0 Å². The van der Waals surface area contributed by atoms with Crippen molar-refractivity contribution >= 4 is 5.97 Å². The Morgan fingerprint density at radius 2 is 1.88 bits per heavy atom. The molecule has 0 fully saturated rings. The predicted molar refractivity (Wildman–Crippen MR) is 64.8 cm³/mol. The molecule has 1 N–H and O–H groups in total. The summed E-state index contributed by atoms with van der Waals surface area (Å²) in [6, 6.07) is 5.41. The van der Waals surface area contributed by atoms with E-state index in [9.17, 15) is 4.79 Å². The SMILES string of the molecule is COc1ccc(OC)c(C(C)C(C)C(=O)O)c1. The first-order valence-electron chi connectivity index (χ1n) is 5.46. The highest BCUT2D eigenvalue weighted by Crippen LogP contribution is 2.34. The Kier molecular flexibility index (Phi) is 4.37. The van der Waals surface area contributed by atoms with Crippen LogP contribution in [0.4, 0.5) is 0 Å². The molecule has 2 atom stereocenters. The zero-order valence-corrected chi connectivity index (χ0v) is 10.6. The zero-order chi connectivity index (χ0) is 13.0. The van der Waals surface area contributed by atoms with Crippen LogP contribution in [0.3, 0.4) is 0 Å². The lowest BCUT2D eigenvalue weighted by Gasteiger charge is -2.19. The van der Waals surface area contributed by atoms with Crippen molar-refractivity contribution in [3.63, 3.8) is 0 Å². The summed E-state index contributed by atoms with van der Waals surface area (Å²) >= 11 is 0. The lowest BCUT2D eigenvalue weighted by molar-refractivity contribution is -0.141. The van der Waals surface area contributed by atoms with Crippen LogP contribution < -0.4 is 9.47 Å². The third kappa shape index (κ3) is 2.90. The number of benzene rings is 1. The summed E-state index contributed by atoms with van der Waals surface area (Å²) in [6.07, 6.45) is 0. The summed E-state index contributed by atoms with van der Waals surface area (Å²) in [7, 11) is 3.15. The largest absolute Gasteiger partial charge is 0.497 e. The van der Waals surface area contributed by atoms with Crippen molar-refractivity contribution in [2.45, 2.75) is 19.8 Å². The van der Waals surface area contributed by atoms with Gasteiger partial charge in [0.15, 0.2) is 0 Å². The Hall–Kier alpha value is -1.71. The summed E-state index contributed by atoms with van der Waals surface area (Å²) < 4.78 is 10.4. The van der Waals surface area contributed by atoms with E-state index in [-0.39, 0.29) is 5.92 Å². The number of rotatable bonds is 5. The van der Waals surface area contributed by atoms with Crippen molar-refractivity contribution in [2.75, 3.05) is 14.2 Å². The molecule has 17 heavy (non-hydrogen) atoms. The third-order valence-electron chi connectivity index (χ3n) is 3.07. The van der Waals surface area contributed by atoms with E-state index in [1.54, 1.807) is 33.3 Å². The predicted octanol–water partition coefficient (Wildman–Crippen LogP) is 2.53. The van der Waals surface area contributed by atoms with Gasteiger partial charge >= 0.3 is 5.97 Å². The minimum absolute atomic E-state index is 0.141. The van der Waals surface area contributed by atoms with E-state index in [4.69, 9.17) is 14.6 Å². The van der Waals surface area contributed by atoms with Crippen LogP contribution in [-0.4, -0.2) is 25.3 Å². The molecule has 0 amide bonds. The number of methoxy groups -OCH3 is 2. The second-order valence-electron chi connectivity index (χ2n) is 4.02. The second-order valence-corrected chi connectivity index (χ2v) is 4.02. The molecule has 0 radical (unpaired) electrons. The quantitative estimate of drug-likeness (QED) is 0.856. The molecule has 0 aliphatic rings. The minimum Gasteiger partial charge on any atom is -0.497 e. The fourth-order valence-corrected chi connectivity index (χ4v) is 1.68. The Bertz CT molecular complexity index is 400. The van der Waals surface area contributed by atoms with Crippen LogP contribution in [0.2, 0.25) is 0 Å². The molecular formula is C13H18O4. The normalized spacial score (nSPS) is 13.9. The molecule has 94 valence electrons. The summed E-state index contributed by atoms with van der Waals surface area (Å²) in [5, 5.41) is 9.03. The summed E-state index contributed by atoms with van der Waals surface area (Å²) in [4.78, 5) is 11.0. The average Bonchev–Trinajstić information content (AvgIpc) is 2.35. The minimum atomic E-state index is -0.817. The lowest BCUT2D eigenvalue weighted by Crippen LogP contribution is -2.17. The van der Waals surface area contributed by atoms with Gasteiger partial charge in [0.2, 0.25) is 0 Å². The standard InChI is InChI=1S/C13H18O4/c1-8(9(2)13(14)15)11-7-10(16-3)5-6-12(11)17-4/h5-9H,1-4H3,(H,14,15). The number of carboxylic acid groups (broad SMARTS) is 1. The number of carboxylic acids is 1. The Morgan fingerprint density at radius 1 is 1.24 bits per heavy atom. The molecule has 0 bridgehead atoms. The summed E-state index contributed by atoms with van der Waals surface area (Å²) in [5.41, 5.74) is 0.849. The first-order chi connectivity index (χ1) is 8.01. The number of hydrogen-bond acceptors (Lipinski definition) is 3. The van der Waals surface area contributed by atoms with Crippen LogP contribution in [0, 0.1) is 5.92 Å². The van der Waals surface area contributed by atoms with Gasteiger partial charge in [0.25, 0.3) is 0 Å². The van der Waals surface area contributed by atoms with Crippen molar-refractivity contribution < 1.29 is 19.4 Å². The fraction of sp³-hybridized carbons (Fsp3) is 0.462. The monoisotopic (exact) mass is 238 g/mol. The maximum atomic E-state index is 11.0. The van der Waals surface area contributed by atoms with Gasteiger partial charge < -0.3 is 14.6 Å². The van der Waals surface area contributed by atoms with Gasteiger partial charge in [-0.3, -0.25) is 4.79 Å². The lowest BCUT2D eigenvalue weighted by atomic mass is 9.88. The molecule has 0 aliphatic carbocycles. The van der Waals surface area contributed by atoms with Gasteiger partial charge in [-0.1, -0.05) is 13.8 Å². The zero-order valence-electron chi connectivity index (χ0n) is 10.6. The smallest absolute Gasteiger partial charge is 0.306 e. The van der Waals surface area contributed by atoms with E-state index >= 15 is 0 Å². The molecule has 0 spiro atoms. The Balaban J connectivity index is 3.13. The van der Waals surface area contributed by atoms with Gasteiger partial charge in [-0.25, -0.2) is 0 Å². The van der Waals surface area contributed by atoms with Gasteiger partial charge in [-0.15, -0.1) is 0 Å². The fourth-order valence-electron chi connectivity index (χ4n) is 1.68. The number of ether oxygens (including phenoxy) is 2. The highest BCUT2D eigenvalue weighted by molar-refractivity contribution is 5.71. The van der Waals surface area contributed by atoms with E-state index in [1.165, 1.54) is 0 Å². The second kappa shape index (κ2) is 5.57. The molecule has 0 heterocycles. The molecule has 1 aromatic carbocycles. The first-order valence-corrected chi connectivity index (χ1v) is 5.46. The van der Waals surface area contributed by atoms with Crippen molar-refractivity contribution in [3.8, 4) is 11.5 Å². The maximum Gasteiger partial charge on any atom is 0.306 e. The molecule has 1 rings (SSSR count). The molecule has 0 saturated heterocycles. The van der Waals surface area contributed by atoms with Crippen molar-refractivity contribution in [1.82, 2.24) is 0 Å². The molecule has 0 aliphatic heterocycles. The number of aliphatic carboxylic acids is 1. The van der Waals surface area contributed by atoms with E-state index < -0.39 is 11.9 Å². The highest BCUT2D eigenvalue weighted by atomic mass is 16.5. The van der Waals surface area contributed by atoms with E-state index in [0.29, 0.717) is 11.5 Å². The molecule has 2 unspecified atom stereocenters.